The summed E-state index contributed by atoms with van der Waals surface area (Å²) in [6.45, 7) is 5.03. The molecule has 3 N–H and O–H groups in total. The van der Waals surface area contributed by atoms with Crippen molar-refractivity contribution < 1.29 is 9.59 Å². The number of carbonyl (C=O) groups excluding carboxylic acids is 2. The molecular formula is C20H30N4O2. The van der Waals surface area contributed by atoms with Crippen molar-refractivity contribution in [1.29, 1.82) is 0 Å². The Morgan fingerprint density at radius 2 is 1.92 bits per heavy atom. The quantitative estimate of drug-likeness (QED) is 0.630. The van der Waals surface area contributed by atoms with Crippen LogP contribution in [0.1, 0.15) is 42.5 Å². The van der Waals surface area contributed by atoms with E-state index in [1.165, 1.54) is 32.1 Å². The van der Waals surface area contributed by atoms with E-state index in [0.717, 1.165) is 32.1 Å². The van der Waals surface area contributed by atoms with E-state index in [-0.39, 0.29) is 11.8 Å². The number of carbonyl (C=O) groups is 2. The van der Waals surface area contributed by atoms with Crippen LogP contribution < -0.4 is 16.0 Å². The van der Waals surface area contributed by atoms with Gasteiger partial charge in [-0.3, -0.25) is 9.59 Å². The number of amides is 2. The maximum absolute atomic E-state index is 12.3. The molecule has 0 atom stereocenters. The van der Waals surface area contributed by atoms with Gasteiger partial charge in [0.2, 0.25) is 5.91 Å². The van der Waals surface area contributed by atoms with Crippen LogP contribution in [0.3, 0.4) is 0 Å². The minimum absolute atomic E-state index is 0.0756. The summed E-state index contributed by atoms with van der Waals surface area (Å²) < 4.78 is 0. The summed E-state index contributed by atoms with van der Waals surface area (Å²) in [5.74, 6) is 0.582. The second-order valence-corrected chi connectivity index (χ2v) is 7.36. The number of benzene rings is 1. The molecule has 0 unspecified atom stereocenters. The SMILES string of the molecule is O=C(CNCC1CC1)Nc1cccc(C(=O)NCCN2CCCCC2)c1. The number of nitrogens with one attached hydrogen (secondary N) is 3. The van der Waals surface area contributed by atoms with Crippen LogP contribution in [0.4, 0.5) is 5.69 Å². The molecule has 1 heterocycles. The largest absolute Gasteiger partial charge is 0.351 e. The first kappa shape index (κ1) is 18.9. The van der Waals surface area contributed by atoms with E-state index in [0.29, 0.717) is 24.3 Å². The fourth-order valence-electron chi connectivity index (χ4n) is 3.27. The zero-order valence-electron chi connectivity index (χ0n) is 15.4. The zero-order chi connectivity index (χ0) is 18.2. The van der Waals surface area contributed by atoms with Crippen molar-refractivity contribution in [1.82, 2.24) is 15.5 Å². The lowest BCUT2D eigenvalue weighted by Crippen LogP contribution is -2.37. The Kier molecular flexibility index (Phi) is 7.03. The van der Waals surface area contributed by atoms with Crippen LogP contribution in [0.15, 0.2) is 24.3 Å². The monoisotopic (exact) mass is 358 g/mol. The summed E-state index contributed by atoms with van der Waals surface area (Å²) in [6, 6.07) is 7.11. The highest BCUT2D eigenvalue weighted by atomic mass is 16.2. The van der Waals surface area contributed by atoms with Crippen molar-refractivity contribution in [3.63, 3.8) is 0 Å². The third-order valence-electron chi connectivity index (χ3n) is 4.99. The second-order valence-electron chi connectivity index (χ2n) is 7.36. The summed E-state index contributed by atoms with van der Waals surface area (Å²) in [4.78, 5) is 26.7. The molecular weight excluding hydrogens is 328 g/mol. The van der Waals surface area contributed by atoms with Crippen molar-refractivity contribution in [2.24, 2.45) is 5.92 Å². The van der Waals surface area contributed by atoms with Crippen LogP contribution in [0.2, 0.25) is 0 Å². The molecule has 3 rings (SSSR count). The molecule has 1 aliphatic carbocycles. The van der Waals surface area contributed by atoms with Gasteiger partial charge < -0.3 is 20.9 Å². The first-order valence-corrected chi connectivity index (χ1v) is 9.82. The molecule has 142 valence electrons. The van der Waals surface area contributed by atoms with E-state index >= 15 is 0 Å². The number of rotatable bonds is 9. The lowest BCUT2D eigenvalue weighted by atomic mass is 10.1. The van der Waals surface area contributed by atoms with E-state index in [2.05, 4.69) is 20.9 Å². The normalized spacial score (nSPS) is 17.7. The van der Waals surface area contributed by atoms with Crippen LogP contribution in [-0.2, 0) is 4.79 Å². The predicted octanol–water partition coefficient (Wildman–Crippen LogP) is 1.84. The fourth-order valence-corrected chi connectivity index (χ4v) is 3.27. The summed E-state index contributed by atoms with van der Waals surface area (Å²) in [5.41, 5.74) is 1.24. The highest BCUT2D eigenvalue weighted by Crippen LogP contribution is 2.27. The average Bonchev–Trinajstić information content (AvgIpc) is 3.47. The maximum atomic E-state index is 12.3. The van der Waals surface area contributed by atoms with Crippen molar-refractivity contribution in [3.05, 3.63) is 29.8 Å². The minimum Gasteiger partial charge on any atom is -0.351 e. The van der Waals surface area contributed by atoms with Crippen molar-refractivity contribution in [2.75, 3.05) is 44.6 Å². The number of piperidine rings is 1. The van der Waals surface area contributed by atoms with Crippen molar-refractivity contribution >= 4 is 17.5 Å². The van der Waals surface area contributed by atoms with E-state index in [9.17, 15) is 9.59 Å². The molecule has 0 bridgehead atoms. The molecule has 1 aromatic rings. The Morgan fingerprint density at radius 3 is 2.69 bits per heavy atom. The van der Waals surface area contributed by atoms with Crippen LogP contribution in [0.5, 0.6) is 0 Å². The molecule has 26 heavy (non-hydrogen) atoms. The molecule has 0 spiro atoms. The second kappa shape index (κ2) is 9.69. The van der Waals surface area contributed by atoms with Gasteiger partial charge in [0.15, 0.2) is 0 Å². The lowest BCUT2D eigenvalue weighted by molar-refractivity contribution is -0.115. The molecule has 1 aromatic carbocycles. The number of hydrogen-bond donors (Lipinski definition) is 3. The van der Waals surface area contributed by atoms with Crippen LogP contribution in [-0.4, -0.2) is 56.0 Å². The van der Waals surface area contributed by atoms with Gasteiger partial charge >= 0.3 is 0 Å². The van der Waals surface area contributed by atoms with Gasteiger partial charge in [-0.15, -0.1) is 0 Å². The predicted molar refractivity (Wildman–Crippen MR) is 103 cm³/mol. The van der Waals surface area contributed by atoms with Crippen LogP contribution in [0.25, 0.3) is 0 Å². The molecule has 2 amide bonds. The maximum Gasteiger partial charge on any atom is 0.251 e. The summed E-state index contributed by atoms with van der Waals surface area (Å²) in [6.07, 6.45) is 6.36. The summed E-state index contributed by atoms with van der Waals surface area (Å²) >= 11 is 0. The third kappa shape index (κ3) is 6.42. The van der Waals surface area contributed by atoms with Crippen molar-refractivity contribution in [3.8, 4) is 0 Å². The Hall–Kier alpha value is -1.92. The topological polar surface area (TPSA) is 73.5 Å². The zero-order valence-corrected chi connectivity index (χ0v) is 15.4. The number of anilines is 1. The van der Waals surface area contributed by atoms with Gasteiger partial charge in [-0.1, -0.05) is 12.5 Å². The average molecular weight is 358 g/mol. The van der Waals surface area contributed by atoms with Crippen LogP contribution in [0, 0.1) is 5.92 Å². The van der Waals surface area contributed by atoms with Gasteiger partial charge in [0.25, 0.3) is 5.91 Å². The van der Waals surface area contributed by atoms with E-state index in [4.69, 9.17) is 0 Å². The van der Waals surface area contributed by atoms with E-state index in [1.807, 2.05) is 6.07 Å². The molecule has 2 aliphatic rings. The number of likely N-dealkylation sites (tertiary alicyclic amines) is 1. The molecule has 2 fully saturated rings. The first-order valence-electron chi connectivity index (χ1n) is 9.82. The smallest absolute Gasteiger partial charge is 0.251 e. The minimum atomic E-state index is -0.0926. The van der Waals surface area contributed by atoms with Gasteiger partial charge in [0, 0.05) is 24.3 Å². The van der Waals surface area contributed by atoms with Gasteiger partial charge in [-0.25, -0.2) is 0 Å². The molecule has 1 aliphatic heterocycles. The van der Waals surface area contributed by atoms with Crippen molar-refractivity contribution in [2.45, 2.75) is 32.1 Å². The first-order chi connectivity index (χ1) is 12.7. The Balaban J connectivity index is 1.40. The summed E-state index contributed by atoms with van der Waals surface area (Å²) in [7, 11) is 0. The highest BCUT2D eigenvalue weighted by Gasteiger charge is 2.20. The Morgan fingerprint density at radius 1 is 1.12 bits per heavy atom. The fraction of sp³-hybridized carbons (Fsp3) is 0.600. The highest BCUT2D eigenvalue weighted by molar-refractivity contribution is 5.97. The molecule has 1 saturated heterocycles. The Labute approximate surface area is 155 Å². The summed E-state index contributed by atoms with van der Waals surface area (Å²) in [5, 5.41) is 8.99. The molecule has 6 nitrogen and oxygen atoms in total. The standard InChI is InChI=1S/C20H30N4O2/c25-19(15-21-14-16-7-8-16)23-18-6-4-5-17(13-18)20(26)22-9-12-24-10-2-1-3-11-24/h4-6,13,16,21H,1-3,7-12,14-15H2,(H,22,26)(H,23,25). The van der Waals surface area contributed by atoms with E-state index in [1.54, 1.807) is 18.2 Å². The van der Waals surface area contributed by atoms with E-state index < -0.39 is 0 Å². The number of nitrogens with zero attached hydrogens (tertiary/aromatic N) is 1. The van der Waals surface area contributed by atoms with Gasteiger partial charge in [0.05, 0.1) is 6.54 Å². The number of hydrogen-bond acceptors (Lipinski definition) is 4. The molecule has 0 aromatic heterocycles. The molecule has 1 saturated carbocycles. The van der Waals surface area contributed by atoms with Gasteiger partial charge in [-0.05, 0) is 69.4 Å². The Bertz CT molecular complexity index is 610. The lowest BCUT2D eigenvalue weighted by Gasteiger charge is -2.26. The van der Waals surface area contributed by atoms with Gasteiger partial charge in [-0.2, -0.15) is 0 Å². The molecule has 6 heteroatoms. The third-order valence-corrected chi connectivity index (χ3v) is 4.99. The van der Waals surface area contributed by atoms with Crippen LogP contribution >= 0.6 is 0 Å². The van der Waals surface area contributed by atoms with Gasteiger partial charge in [0.1, 0.15) is 0 Å². The molecule has 0 radical (unpaired) electrons.